The summed E-state index contributed by atoms with van der Waals surface area (Å²) < 4.78 is 12.6. The number of nitrogens with zero attached hydrogens (tertiary/aromatic N) is 2. The fourth-order valence-corrected chi connectivity index (χ4v) is 3.55. The van der Waals surface area contributed by atoms with E-state index in [2.05, 4.69) is 4.98 Å². The third-order valence-electron chi connectivity index (χ3n) is 3.21. The Bertz CT molecular complexity index is 810. The maximum absolute atomic E-state index is 12.6. The summed E-state index contributed by atoms with van der Waals surface area (Å²) in [6.07, 6.45) is 0. The van der Waals surface area contributed by atoms with Crippen LogP contribution in [-0.4, -0.2) is 15.1 Å². The quantitative estimate of drug-likeness (QED) is 0.933. The van der Waals surface area contributed by atoms with E-state index in [1.165, 1.54) is 0 Å². The van der Waals surface area contributed by atoms with Gasteiger partial charge >= 0.3 is 0 Å². The Kier molecular flexibility index (Phi) is 4.68. The van der Waals surface area contributed by atoms with Crippen molar-refractivity contribution in [2.24, 2.45) is 5.73 Å². The van der Waals surface area contributed by atoms with Crippen molar-refractivity contribution in [1.29, 1.82) is 5.26 Å². The Labute approximate surface area is 131 Å². The first kappa shape index (κ1) is 15.9. The van der Waals surface area contributed by atoms with Gasteiger partial charge in [-0.1, -0.05) is 18.2 Å². The van der Waals surface area contributed by atoms with E-state index in [1.807, 2.05) is 6.07 Å². The monoisotopic (exact) mass is 313 g/mol. The Balaban J connectivity index is 2.43. The second kappa shape index (κ2) is 6.50. The van der Waals surface area contributed by atoms with Crippen LogP contribution in [0.1, 0.15) is 32.7 Å². The first-order chi connectivity index (χ1) is 10.4. The number of rotatable bonds is 4. The normalized spacial score (nSPS) is 11.7. The minimum Gasteiger partial charge on any atom is -0.366 e. The van der Waals surface area contributed by atoms with Gasteiger partial charge in [0.05, 0.1) is 22.1 Å². The molecule has 0 aliphatic rings. The molecule has 5 nitrogen and oxygen atoms in total. The summed E-state index contributed by atoms with van der Waals surface area (Å²) >= 11 is 0. The van der Waals surface area contributed by atoms with Crippen molar-refractivity contribution in [3.05, 3.63) is 58.3 Å². The molecule has 1 aromatic heterocycles. The summed E-state index contributed by atoms with van der Waals surface area (Å²) in [6.45, 7) is 3.57. The Morgan fingerprint density at radius 3 is 2.68 bits per heavy atom. The molecule has 0 aliphatic carbocycles. The van der Waals surface area contributed by atoms with Crippen molar-refractivity contribution in [3.63, 3.8) is 0 Å². The smallest absolute Gasteiger partial charge is 0.249 e. The summed E-state index contributed by atoms with van der Waals surface area (Å²) in [6, 6.07) is 10.6. The fraction of sp³-hybridized carbons (Fsp3) is 0.188. The van der Waals surface area contributed by atoms with Gasteiger partial charge in [-0.25, -0.2) is 4.98 Å². The Hall–Kier alpha value is -2.52. The standard InChI is InChI=1S/C16H15N3O2S/c1-10-7-11(2)19-16(14(10)8-17)22(21)9-12-5-3-4-6-13(12)15(18)20/h3-7H,9H2,1-2H3,(H2,18,20). The molecule has 2 N–H and O–H groups in total. The predicted octanol–water partition coefficient (Wildman–Crippen LogP) is 1.98. The lowest BCUT2D eigenvalue weighted by Crippen LogP contribution is -2.15. The number of aromatic nitrogens is 1. The van der Waals surface area contributed by atoms with E-state index >= 15 is 0 Å². The molecule has 0 aliphatic heterocycles. The van der Waals surface area contributed by atoms with Crippen LogP contribution in [-0.2, 0) is 16.6 Å². The molecular formula is C16H15N3O2S. The van der Waals surface area contributed by atoms with Gasteiger partial charge in [-0.3, -0.25) is 9.00 Å². The van der Waals surface area contributed by atoms with Crippen molar-refractivity contribution >= 4 is 16.7 Å². The maximum Gasteiger partial charge on any atom is 0.249 e. The van der Waals surface area contributed by atoms with Crippen LogP contribution in [0, 0.1) is 25.2 Å². The molecule has 6 heteroatoms. The van der Waals surface area contributed by atoms with Gasteiger partial charge in [0.1, 0.15) is 11.1 Å². The van der Waals surface area contributed by atoms with Crippen molar-refractivity contribution in [1.82, 2.24) is 4.98 Å². The average Bonchev–Trinajstić information content (AvgIpc) is 2.46. The summed E-state index contributed by atoms with van der Waals surface area (Å²) in [5.41, 5.74) is 8.00. The molecule has 1 amide bonds. The van der Waals surface area contributed by atoms with Gasteiger partial charge in [0.25, 0.3) is 0 Å². The molecule has 0 saturated carbocycles. The van der Waals surface area contributed by atoms with Crippen molar-refractivity contribution in [3.8, 4) is 6.07 Å². The maximum atomic E-state index is 12.6. The number of primary amides is 1. The molecule has 0 spiro atoms. The molecule has 0 fully saturated rings. The third kappa shape index (κ3) is 3.21. The topological polar surface area (TPSA) is 96.8 Å². The number of pyridine rings is 1. The summed E-state index contributed by atoms with van der Waals surface area (Å²) in [4.78, 5) is 15.7. The number of benzene rings is 1. The molecule has 1 aromatic carbocycles. The van der Waals surface area contributed by atoms with Gasteiger partial charge in [0.15, 0.2) is 0 Å². The van der Waals surface area contributed by atoms with E-state index in [1.54, 1.807) is 44.2 Å². The number of nitriles is 1. The molecular weight excluding hydrogens is 298 g/mol. The first-order valence-corrected chi connectivity index (χ1v) is 7.90. The minimum absolute atomic E-state index is 0.0870. The lowest BCUT2D eigenvalue weighted by molar-refractivity contribution is 0.0999. The number of hydrogen-bond acceptors (Lipinski definition) is 4. The highest BCUT2D eigenvalue weighted by Gasteiger charge is 2.17. The second-order valence-electron chi connectivity index (χ2n) is 4.88. The Morgan fingerprint density at radius 2 is 2.05 bits per heavy atom. The highest BCUT2D eigenvalue weighted by Crippen LogP contribution is 2.20. The molecule has 2 aromatic rings. The fourth-order valence-electron chi connectivity index (χ4n) is 2.20. The zero-order chi connectivity index (χ0) is 16.3. The zero-order valence-corrected chi connectivity index (χ0v) is 13.1. The molecule has 0 bridgehead atoms. The number of nitrogens with two attached hydrogens (primary N) is 1. The predicted molar refractivity (Wildman–Crippen MR) is 83.5 cm³/mol. The molecule has 1 heterocycles. The molecule has 0 saturated heterocycles. The minimum atomic E-state index is -1.53. The van der Waals surface area contributed by atoms with Crippen molar-refractivity contribution in [2.45, 2.75) is 24.6 Å². The van der Waals surface area contributed by atoms with Gasteiger partial charge in [-0.05, 0) is 37.1 Å². The van der Waals surface area contributed by atoms with Crippen LogP contribution in [0.3, 0.4) is 0 Å². The summed E-state index contributed by atoms with van der Waals surface area (Å²) in [5, 5.41) is 9.50. The van der Waals surface area contributed by atoms with Gasteiger partial charge in [-0.15, -0.1) is 0 Å². The van der Waals surface area contributed by atoms with Gasteiger partial charge in [0, 0.05) is 11.3 Å². The first-order valence-electron chi connectivity index (χ1n) is 6.58. The highest BCUT2D eigenvalue weighted by atomic mass is 32.2. The number of carbonyl (C=O) groups excluding carboxylic acids is 1. The number of hydrogen-bond donors (Lipinski definition) is 1. The molecule has 112 valence electrons. The van der Waals surface area contributed by atoms with Gasteiger partial charge < -0.3 is 5.73 Å². The van der Waals surface area contributed by atoms with Crippen molar-refractivity contribution in [2.75, 3.05) is 0 Å². The van der Waals surface area contributed by atoms with Crippen molar-refractivity contribution < 1.29 is 9.00 Å². The van der Waals surface area contributed by atoms with Gasteiger partial charge in [-0.2, -0.15) is 5.26 Å². The summed E-state index contributed by atoms with van der Waals surface area (Å²) in [7, 11) is -1.53. The third-order valence-corrected chi connectivity index (χ3v) is 4.51. The summed E-state index contributed by atoms with van der Waals surface area (Å²) in [5.74, 6) is -0.481. The largest absolute Gasteiger partial charge is 0.366 e. The molecule has 2 rings (SSSR count). The molecule has 22 heavy (non-hydrogen) atoms. The average molecular weight is 313 g/mol. The van der Waals surface area contributed by atoms with E-state index in [-0.39, 0.29) is 10.8 Å². The van der Waals surface area contributed by atoms with Crippen LogP contribution < -0.4 is 5.73 Å². The van der Waals surface area contributed by atoms with Gasteiger partial charge in [0.2, 0.25) is 5.91 Å². The van der Waals surface area contributed by atoms with Crippen LogP contribution in [0.4, 0.5) is 0 Å². The van der Waals surface area contributed by atoms with Crippen LogP contribution in [0.2, 0.25) is 0 Å². The number of amides is 1. The van der Waals surface area contributed by atoms with E-state index < -0.39 is 16.7 Å². The molecule has 0 radical (unpaired) electrons. The van der Waals surface area contributed by atoms with Crippen LogP contribution in [0.25, 0.3) is 0 Å². The SMILES string of the molecule is Cc1cc(C)c(C#N)c(S(=O)Cc2ccccc2C(N)=O)n1. The second-order valence-corrected chi connectivity index (χ2v) is 6.25. The van der Waals surface area contributed by atoms with E-state index in [0.717, 1.165) is 5.56 Å². The lowest BCUT2D eigenvalue weighted by atomic mass is 10.1. The number of carbonyl (C=O) groups is 1. The van der Waals surface area contributed by atoms with E-state index in [0.29, 0.717) is 22.4 Å². The lowest BCUT2D eigenvalue weighted by Gasteiger charge is -2.09. The zero-order valence-electron chi connectivity index (χ0n) is 12.3. The van der Waals surface area contributed by atoms with Crippen LogP contribution in [0.5, 0.6) is 0 Å². The molecule has 1 unspecified atom stereocenters. The van der Waals surface area contributed by atoms with E-state index in [9.17, 15) is 14.3 Å². The number of aryl methyl sites for hydroxylation is 2. The van der Waals surface area contributed by atoms with E-state index in [4.69, 9.17) is 5.73 Å². The van der Waals surface area contributed by atoms with Crippen LogP contribution in [0.15, 0.2) is 35.4 Å². The van der Waals surface area contributed by atoms with Crippen LogP contribution >= 0.6 is 0 Å². The highest BCUT2D eigenvalue weighted by molar-refractivity contribution is 7.84. The molecule has 1 atom stereocenters. The Morgan fingerprint density at radius 1 is 1.36 bits per heavy atom.